The first-order chi connectivity index (χ1) is 13.0. The summed E-state index contributed by atoms with van der Waals surface area (Å²) in [5, 5.41) is 5.67. The summed E-state index contributed by atoms with van der Waals surface area (Å²) in [6.07, 6.45) is 0.541. The van der Waals surface area contributed by atoms with Crippen molar-refractivity contribution in [2.24, 2.45) is 0 Å². The number of carbonyl (C=O) groups excluding carboxylic acids is 1. The van der Waals surface area contributed by atoms with Crippen LogP contribution in [0.4, 0.5) is 10.1 Å². The van der Waals surface area contributed by atoms with Gasteiger partial charge in [-0.2, -0.15) is 4.98 Å². The molecule has 0 atom stereocenters. The highest BCUT2D eigenvalue weighted by Gasteiger charge is 2.13. The molecule has 27 heavy (non-hydrogen) atoms. The van der Waals surface area contributed by atoms with E-state index in [-0.39, 0.29) is 18.1 Å². The van der Waals surface area contributed by atoms with Gasteiger partial charge in [0.2, 0.25) is 17.6 Å². The third-order valence-electron chi connectivity index (χ3n) is 4.06. The molecule has 0 aliphatic rings. The van der Waals surface area contributed by atoms with Crippen LogP contribution in [-0.4, -0.2) is 22.6 Å². The Kier molecular flexibility index (Phi) is 5.80. The summed E-state index contributed by atoms with van der Waals surface area (Å²) in [5.41, 5.74) is 5.63. The molecule has 1 amide bonds. The number of hydrazine groups is 1. The second-order valence-corrected chi connectivity index (χ2v) is 6.13. The molecular formula is C20H21FN4O2. The third-order valence-corrected chi connectivity index (χ3v) is 4.06. The van der Waals surface area contributed by atoms with Gasteiger partial charge in [-0.1, -0.05) is 22.9 Å². The Morgan fingerprint density at radius 2 is 1.85 bits per heavy atom. The quantitative estimate of drug-likeness (QED) is 0.644. The molecule has 1 aromatic heterocycles. The summed E-state index contributed by atoms with van der Waals surface area (Å²) in [6.45, 7) is 4.63. The van der Waals surface area contributed by atoms with Crippen LogP contribution in [0.5, 0.6) is 0 Å². The number of carbonyl (C=O) groups is 1. The number of aromatic nitrogens is 2. The zero-order chi connectivity index (χ0) is 19.2. The van der Waals surface area contributed by atoms with E-state index in [1.54, 1.807) is 17.1 Å². The third kappa shape index (κ3) is 4.91. The van der Waals surface area contributed by atoms with Crippen molar-refractivity contribution in [2.45, 2.75) is 26.7 Å². The van der Waals surface area contributed by atoms with E-state index < -0.39 is 0 Å². The van der Waals surface area contributed by atoms with Gasteiger partial charge >= 0.3 is 0 Å². The van der Waals surface area contributed by atoms with E-state index >= 15 is 0 Å². The first-order valence-electron chi connectivity index (χ1n) is 8.77. The lowest BCUT2D eigenvalue weighted by atomic mass is 10.2. The van der Waals surface area contributed by atoms with Crippen LogP contribution in [0.2, 0.25) is 0 Å². The lowest BCUT2D eigenvalue weighted by Crippen LogP contribution is -2.42. The van der Waals surface area contributed by atoms with Gasteiger partial charge in [0.15, 0.2) is 0 Å². The molecule has 1 N–H and O–H groups in total. The number of hydrogen-bond donors (Lipinski definition) is 1. The van der Waals surface area contributed by atoms with E-state index in [0.717, 1.165) is 11.3 Å². The normalized spacial score (nSPS) is 10.6. The van der Waals surface area contributed by atoms with Crippen LogP contribution in [0, 0.1) is 12.7 Å². The number of aryl methyl sites for hydroxylation is 2. The van der Waals surface area contributed by atoms with Gasteiger partial charge in [-0.25, -0.2) is 4.39 Å². The molecule has 0 spiro atoms. The molecule has 0 aliphatic carbocycles. The van der Waals surface area contributed by atoms with Crippen LogP contribution in [0.15, 0.2) is 53.1 Å². The van der Waals surface area contributed by atoms with Gasteiger partial charge in [-0.05, 0) is 50.2 Å². The Morgan fingerprint density at radius 1 is 1.15 bits per heavy atom. The van der Waals surface area contributed by atoms with Gasteiger partial charge in [-0.3, -0.25) is 15.2 Å². The fraction of sp³-hybridized carbons (Fsp3) is 0.250. The number of hydrogen-bond acceptors (Lipinski definition) is 5. The monoisotopic (exact) mass is 368 g/mol. The largest absolute Gasteiger partial charge is 0.339 e. The average molecular weight is 368 g/mol. The van der Waals surface area contributed by atoms with Gasteiger partial charge in [0.1, 0.15) is 5.82 Å². The highest BCUT2D eigenvalue weighted by molar-refractivity contribution is 5.78. The van der Waals surface area contributed by atoms with Crippen molar-refractivity contribution in [2.75, 3.05) is 11.6 Å². The Bertz CT molecular complexity index is 891. The fourth-order valence-electron chi connectivity index (χ4n) is 2.55. The zero-order valence-corrected chi connectivity index (χ0v) is 15.3. The molecule has 2 aromatic carbocycles. The lowest BCUT2D eigenvalue weighted by Gasteiger charge is -2.23. The fourth-order valence-corrected chi connectivity index (χ4v) is 2.55. The van der Waals surface area contributed by atoms with Crippen LogP contribution < -0.4 is 10.4 Å². The van der Waals surface area contributed by atoms with Crippen LogP contribution in [0.1, 0.15) is 24.8 Å². The number of amides is 1. The number of benzene rings is 2. The van der Waals surface area contributed by atoms with Crippen molar-refractivity contribution in [3.8, 4) is 11.4 Å². The molecule has 1 heterocycles. The molecule has 0 unspecified atom stereocenters. The van der Waals surface area contributed by atoms with Crippen molar-refractivity contribution in [1.29, 1.82) is 0 Å². The lowest BCUT2D eigenvalue weighted by molar-refractivity contribution is -0.121. The Labute approximate surface area is 157 Å². The van der Waals surface area contributed by atoms with Gasteiger partial charge in [0.05, 0.1) is 5.69 Å². The molecule has 3 rings (SSSR count). The van der Waals surface area contributed by atoms with Crippen LogP contribution in [0.25, 0.3) is 11.4 Å². The van der Waals surface area contributed by atoms with E-state index in [1.807, 2.05) is 38.1 Å². The van der Waals surface area contributed by atoms with E-state index in [0.29, 0.717) is 30.2 Å². The zero-order valence-electron chi connectivity index (χ0n) is 15.3. The number of halogens is 1. The highest BCUT2D eigenvalue weighted by Crippen LogP contribution is 2.17. The second-order valence-electron chi connectivity index (χ2n) is 6.13. The van der Waals surface area contributed by atoms with E-state index in [1.165, 1.54) is 12.1 Å². The average Bonchev–Trinajstić information content (AvgIpc) is 3.15. The number of nitrogens with one attached hydrogen (secondary N) is 1. The molecule has 0 saturated heterocycles. The number of rotatable bonds is 7. The van der Waals surface area contributed by atoms with Gasteiger partial charge in [0, 0.05) is 24.9 Å². The summed E-state index contributed by atoms with van der Waals surface area (Å²) in [6, 6.07) is 13.8. The van der Waals surface area contributed by atoms with Crippen LogP contribution in [0.3, 0.4) is 0 Å². The van der Waals surface area contributed by atoms with E-state index in [4.69, 9.17) is 4.52 Å². The van der Waals surface area contributed by atoms with E-state index in [9.17, 15) is 9.18 Å². The highest BCUT2D eigenvalue weighted by atomic mass is 19.1. The molecule has 0 fully saturated rings. The standard InChI is InChI=1S/C20H21FN4O2/c1-3-25(17-10-4-14(2)5-11-17)23-18(26)12-13-19-22-20(24-27-19)15-6-8-16(21)9-7-15/h4-11H,3,12-13H2,1-2H3,(H,23,26). The van der Waals surface area contributed by atoms with Gasteiger partial charge in [-0.15, -0.1) is 0 Å². The summed E-state index contributed by atoms with van der Waals surface area (Å²) in [7, 11) is 0. The van der Waals surface area contributed by atoms with Crippen LogP contribution >= 0.6 is 0 Å². The molecule has 6 nitrogen and oxygen atoms in total. The predicted molar refractivity (Wildman–Crippen MR) is 100 cm³/mol. The van der Waals surface area contributed by atoms with Crippen LogP contribution in [-0.2, 0) is 11.2 Å². The summed E-state index contributed by atoms with van der Waals surface area (Å²) >= 11 is 0. The smallest absolute Gasteiger partial charge is 0.239 e. The first kappa shape index (κ1) is 18.6. The van der Waals surface area contributed by atoms with Crippen molar-refractivity contribution in [1.82, 2.24) is 15.6 Å². The molecule has 0 bridgehead atoms. The molecule has 3 aromatic rings. The Hall–Kier alpha value is -3.22. The second kappa shape index (κ2) is 8.44. The number of anilines is 1. The maximum absolute atomic E-state index is 13.0. The van der Waals surface area contributed by atoms with Gasteiger partial charge < -0.3 is 4.52 Å². The minimum Gasteiger partial charge on any atom is -0.339 e. The minimum absolute atomic E-state index is 0.140. The van der Waals surface area contributed by atoms with Crippen molar-refractivity contribution >= 4 is 11.6 Å². The topological polar surface area (TPSA) is 71.3 Å². The molecule has 0 radical (unpaired) electrons. The summed E-state index contributed by atoms with van der Waals surface area (Å²) in [4.78, 5) is 16.5. The molecule has 7 heteroatoms. The summed E-state index contributed by atoms with van der Waals surface area (Å²) < 4.78 is 18.2. The van der Waals surface area contributed by atoms with Crippen molar-refractivity contribution in [3.05, 3.63) is 65.8 Å². The predicted octanol–water partition coefficient (Wildman–Crippen LogP) is 3.67. The Morgan fingerprint density at radius 3 is 2.52 bits per heavy atom. The van der Waals surface area contributed by atoms with Crippen molar-refractivity contribution < 1.29 is 13.7 Å². The number of nitrogens with zero attached hydrogens (tertiary/aromatic N) is 3. The first-order valence-corrected chi connectivity index (χ1v) is 8.77. The summed E-state index contributed by atoms with van der Waals surface area (Å²) in [5.74, 6) is 0.273. The molecule has 0 saturated carbocycles. The molecular weight excluding hydrogens is 347 g/mol. The van der Waals surface area contributed by atoms with E-state index in [2.05, 4.69) is 15.6 Å². The molecule has 140 valence electrons. The SMILES string of the molecule is CCN(NC(=O)CCc1nc(-c2ccc(F)cc2)no1)c1ccc(C)cc1. The Balaban J connectivity index is 1.55. The van der Waals surface area contributed by atoms with Crippen molar-refractivity contribution in [3.63, 3.8) is 0 Å². The minimum atomic E-state index is -0.326. The maximum Gasteiger partial charge on any atom is 0.239 e. The van der Waals surface area contributed by atoms with Gasteiger partial charge in [0.25, 0.3) is 0 Å². The maximum atomic E-state index is 13.0. The molecule has 0 aliphatic heterocycles.